The predicted molar refractivity (Wildman–Crippen MR) is 117 cm³/mol. The molecule has 168 valence electrons. The molecule has 0 radical (unpaired) electrons. The van der Waals surface area contributed by atoms with Crippen LogP contribution in [0.25, 0.3) is 16.9 Å². The molecule has 0 saturated heterocycles. The Balaban J connectivity index is 1.69. The van der Waals surface area contributed by atoms with E-state index < -0.39 is 12.8 Å². The van der Waals surface area contributed by atoms with Crippen molar-refractivity contribution >= 4 is 5.91 Å². The van der Waals surface area contributed by atoms with Gasteiger partial charge >= 0.3 is 0 Å². The van der Waals surface area contributed by atoms with Gasteiger partial charge in [-0.05, 0) is 43.7 Å². The van der Waals surface area contributed by atoms with Crippen molar-refractivity contribution in [1.29, 1.82) is 0 Å². The van der Waals surface area contributed by atoms with Gasteiger partial charge in [-0.25, -0.2) is 18.4 Å². The first-order valence-electron chi connectivity index (χ1n) is 10.2. The van der Waals surface area contributed by atoms with Gasteiger partial charge in [0.05, 0.1) is 41.9 Å². The van der Waals surface area contributed by atoms with Crippen LogP contribution in [0.15, 0.2) is 55.2 Å². The molecule has 1 amide bonds. The van der Waals surface area contributed by atoms with Gasteiger partial charge in [0.15, 0.2) is 0 Å². The van der Waals surface area contributed by atoms with E-state index in [1.807, 2.05) is 26.0 Å². The Morgan fingerprint density at radius 2 is 1.88 bits per heavy atom. The quantitative estimate of drug-likeness (QED) is 0.464. The number of pyridine rings is 1. The summed E-state index contributed by atoms with van der Waals surface area (Å²) in [6.07, 6.45) is 3.02. The summed E-state index contributed by atoms with van der Waals surface area (Å²) in [5.41, 5.74) is 4.42. The Bertz CT molecular complexity index is 1250. The van der Waals surface area contributed by atoms with Crippen molar-refractivity contribution in [1.82, 2.24) is 35.0 Å². The summed E-state index contributed by atoms with van der Waals surface area (Å²) in [5.74, 6) is -0.261. The van der Waals surface area contributed by atoms with Crippen LogP contribution in [-0.2, 0) is 13.0 Å². The Kier molecular flexibility index (Phi) is 6.43. The van der Waals surface area contributed by atoms with Crippen LogP contribution in [0.2, 0.25) is 0 Å². The number of nitrogens with zero attached hydrogens (tertiary/aromatic N) is 6. The first kappa shape index (κ1) is 22.1. The number of amides is 1. The highest BCUT2D eigenvalue weighted by molar-refractivity contribution is 5.96. The SMILES string of the molecule is Cc1ccc(-c2cc(C(=O)NCc3cnc(C)cn3)cc(-n3ncnc3CC(F)F)c2)nc1. The molecular weight excluding hydrogens is 428 g/mol. The minimum absolute atomic E-state index is 0.0975. The van der Waals surface area contributed by atoms with E-state index in [9.17, 15) is 13.6 Å². The van der Waals surface area contributed by atoms with Gasteiger partial charge in [0.2, 0.25) is 6.43 Å². The van der Waals surface area contributed by atoms with Crippen LogP contribution in [0.1, 0.15) is 33.1 Å². The lowest BCUT2D eigenvalue weighted by molar-refractivity contribution is 0.0950. The molecule has 10 heteroatoms. The molecule has 0 bridgehead atoms. The molecule has 3 aromatic heterocycles. The maximum absolute atomic E-state index is 13.0. The van der Waals surface area contributed by atoms with Gasteiger partial charge in [0, 0.05) is 23.5 Å². The topological polar surface area (TPSA) is 98.5 Å². The van der Waals surface area contributed by atoms with E-state index in [0.717, 1.165) is 11.3 Å². The van der Waals surface area contributed by atoms with Crippen LogP contribution in [-0.4, -0.2) is 42.0 Å². The van der Waals surface area contributed by atoms with Crippen LogP contribution >= 0.6 is 0 Å². The van der Waals surface area contributed by atoms with E-state index in [1.54, 1.807) is 36.8 Å². The predicted octanol–water partition coefficient (Wildman–Crippen LogP) is 3.47. The Labute approximate surface area is 188 Å². The van der Waals surface area contributed by atoms with Crippen molar-refractivity contribution in [3.05, 3.63) is 83.6 Å². The molecule has 8 nitrogen and oxygen atoms in total. The highest BCUT2D eigenvalue weighted by atomic mass is 19.3. The fourth-order valence-corrected chi connectivity index (χ4v) is 3.19. The van der Waals surface area contributed by atoms with Gasteiger partial charge < -0.3 is 5.32 Å². The van der Waals surface area contributed by atoms with E-state index in [0.29, 0.717) is 28.2 Å². The van der Waals surface area contributed by atoms with Crippen molar-refractivity contribution in [3.8, 4) is 16.9 Å². The summed E-state index contributed by atoms with van der Waals surface area (Å²) in [6, 6.07) is 8.75. The molecule has 3 heterocycles. The summed E-state index contributed by atoms with van der Waals surface area (Å²) >= 11 is 0. The van der Waals surface area contributed by atoms with Gasteiger partial charge in [-0.15, -0.1) is 0 Å². The Morgan fingerprint density at radius 1 is 1.03 bits per heavy atom. The first-order chi connectivity index (χ1) is 15.9. The summed E-state index contributed by atoms with van der Waals surface area (Å²) in [6.45, 7) is 3.94. The van der Waals surface area contributed by atoms with Gasteiger partial charge in [0.1, 0.15) is 12.2 Å². The average Bonchev–Trinajstić information content (AvgIpc) is 3.26. The van der Waals surface area contributed by atoms with Crippen LogP contribution in [0.4, 0.5) is 8.78 Å². The van der Waals surface area contributed by atoms with E-state index in [1.165, 1.54) is 11.0 Å². The molecule has 0 spiro atoms. The lowest BCUT2D eigenvalue weighted by Crippen LogP contribution is -2.24. The lowest BCUT2D eigenvalue weighted by atomic mass is 10.0. The molecule has 1 N–H and O–H groups in total. The maximum Gasteiger partial charge on any atom is 0.251 e. The van der Waals surface area contributed by atoms with E-state index in [4.69, 9.17) is 0 Å². The standard InChI is InChI=1S/C23H21F2N7O/c1-14-3-4-20(28-9-14)16-5-17(23(33)29-12-18-11-26-15(2)10-27-18)7-19(6-16)32-22(8-21(24)25)30-13-31-32/h3-7,9-11,13,21H,8,12H2,1-2H3,(H,29,33). The zero-order chi connectivity index (χ0) is 23.4. The smallest absolute Gasteiger partial charge is 0.251 e. The molecule has 0 unspecified atom stereocenters. The number of carbonyl (C=O) groups excluding carboxylic acids is 1. The van der Waals surface area contributed by atoms with Crippen LogP contribution in [0, 0.1) is 13.8 Å². The molecule has 0 aliphatic carbocycles. The molecule has 33 heavy (non-hydrogen) atoms. The highest BCUT2D eigenvalue weighted by Gasteiger charge is 2.17. The van der Waals surface area contributed by atoms with Gasteiger partial charge in [-0.1, -0.05) is 6.07 Å². The second kappa shape index (κ2) is 9.60. The van der Waals surface area contributed by atoms with Crippen molar-refractivity contribution in [2.75, 3.05) is 0 Å². The highest BCUT2D eigenvalue weighted by Crippen LogP contribution is 2.24. The average molecular weight is 449 g/mol. The van der Waals surface area contributed by atoms with Crippen molar-refractivity contribution in [2.24, 2.45) is 0 Å². The number of hydrogen-bond donors (Lipinski definition) is 1. The number of benzene rings is 1. The van der Waals surface area contributed by atoms with Crippen molar-refractivity contribution in [2.45, 2.75) is 33.2 Å². The molecule has 0 atom stereocenters. The van der Waals surface area contributed by atoms with Crippen LogP contribution in [0.5, 0.6) is 0 Å². The van der Waals surface area contributed by atoms with Crippen LogP contribution < -0.4 is 5.32 Å². The van der Waals surface area contributed by atoms with Gasteiger partial charge in [-0.2, -0.15) is 5.10 Å². The van der Waals surface area contributed by atoms with Crippen molar-refractivity contribution < 1.29 is 13.6 Å². The third-order valence-electron chi connectivity index (χ3n) is 4.85. The first-order valence-corrected chi connectivity index (χ1v) is 10.2. The molecule has 0 aliphatic heterocycles. The molecule has 0 fully saturated rings. The number of rotatable bonds is 7. The number of aromatic nitrogens is 6. The number of carbonyl (C=O) groups is 1. The van der Waals surface area contributed by atoms with Crippen molar-refractivity contribution in [3.63, 3.8) is 0 Å². The zero-order valence-electron chi connectivity index (χ0n) is 18.0. The zero-order valence-corrected chi connectivity index (χ0v) is 18.0. The minimum Gasteiger partial charge on any atom is -0.346 e. The summed E-state index contributed by atoms with van der Waals surface area (Å²) in [5, 5.41) is 6.91. The fourth-order valence-electron chi connectivity index (χ4n) is 3.19. The monoisotopic (exact) mass is 449 g/mol. The summed E-state index contributed by atoms with van der Waals surface area (Å²) in [4.78, 5) is 29.7. The molecule has 1 aromatic carbocycles. The lowest BCUT2D eigenvalue weighted by Gasteiger charge is -2.12. The minimum atomic E-state index is -2.58. The third-order valence-corrected chi connectivity index (χ3v) is 4.85. The Hall–Kier alpha value is -4.08. The number of aryl methyl sites for hydroxylation is 2. The fraction of sp³-hybridized carbons (Fsp3) is 0.217. The maximum atomic E-state index is 13.0. The molecule has 0 aliphatic rings. The van der Waals surface area contributed by atoms with Gasteiger partial charge in [-0.3, -0.25) is 19.7 Å². The molecular formula is C23H21F2N7O. The summed E-state index contributed by atoms with van der Waals surface area (Å²) < 4.78 is 27.3. The normalized spacial score (nSPS) is 11.1. The second-order valence-electron chi connectivity index (χ2n) is 7.50. The van der Waals surface area contributed by atoms with E-state index >= 15 is 0 Å². The summed E-state index contributed by atoms with van der Waals surface area (Å²) in [7, 11) is 0. The van der Waals surface area contributed by atoms with E-state index in [2.05, 4.69) is 30.4 Å². The third kappa shape index (κ3) is 5.40. The number of halogens is 2. The molecule has 4 rings (SSSR count). The number of hydrogen-bond acceptors (Lipinski definition) is 6. The molecule has 4 aromatic rings. The number of nitrogens with one attached hydrogen (secondary N) is 1. The number of alkyl halides is 2. The van der Waals surface area contributed by atoms with E-state index in [-0.39, 0.29) is 18.3 Å². The van der Waals surface area contributed by atoms with Gasteiger partial charge in [0.25, 0.3) is 5.91 Å². The van der Waals surface area contributed by atoms with Crippen LogP contribution in [0.3, 0.4) is 0 Å². The Morgan fingerprint density at radius 3 is 2.58 bits per heavy atom. The molecule has 0 saturated carbocycles. The largest absolute Gasteiger partial charge is 0.346 e. The second-order valence-corrected chi connectivity index (χ2v) is 7.50.